The first-order valence-electron chi connectivity index (χ1n) is 10.2. The van der Waals surface area contributed by atoms with Gasteiger partial charge in [-0.3, -0.25) is 5.14 Å². The van der Waals surface area contributed by atoms with Crippen molar-refractivity contribution in [2.45, 2.75) is 55.1 Å². The van der Waals surface area contributed by atoms with Gasteiger partial charge in [0, 0.05) is 22.8 Å². The predicted octanol–water partition coefficient (Wildman–Crippen LogP) is 4.10. The Labute approximate surface area is 178 Å². The molecule has 0 aliphatic heterocycles. The van der Waals surface area contributed by atoms with Gasteiger partial charge in [-0.1, -0.05) is 0 Å². The van der Waals surface area contributed by atoms with Gasteiger partial charge in [0.1, 0.15) is 11.9 Å². The molecule has 3 aliphatic carbocycles. The maximum absolute atomic E-state index is 14.1. The van der Waals surface area contributed by atoms with E-state index < -0.39 is 5.82 Å². The van der Waals surface area contributed by atoms with Crippen molar-refractivity contribution in [2.24, 2.45) is 17.0 Å². The highest BCUT2D eigenvalue weighted by atomic mass is 32.2. The maximum atomic E-state index is 14.1. The molecule has 2 atom stereocenters. The Morgan fingerprint density at radius 1 is 1.27 bits per heavy atom. The molecular weight excluding hydrogens is 405 g/mol. The Bertz CT molecular complexity index is 956. The van der Waals surface area contributed by atoms with Crippen molar-refractivity contribution in [1.82, 2.24) is 15.3 Å². The topological polar surface area (TPSA) is 102 Å². The second-order valence-corrected chi connectivity index (χ2v) is 9.47. The summed E-state index contributed by atoms with van der Waals surface area (Å²) >= 11 is 0.996. The molecule has 30 heavy (non-hydrogen) atoms. The second-order valence-electron chi connectivity index (χ2n) is 8.76. The first-order valence-corrected chi connectivity index (χ1v) is 11.1. The highest BCUT2D eigenvalue weighted by molar-refractivity contribution is 7.97. The third-order valence-electron chi connectivity index (χ3n) is 6.46. The van der Waals surface area contributed by atoms with E-state index in [1.165, 1.54) is 6.07 Å². The fraction of sp³-hybridized carbons (Fsp3) is 0.476. The first-order chi connectivity index (χ1) is 14.4. The summed E-state index contributed by atoms with van der Waals surface area (Å²) in [4.78, 5) is 21.3. The molecule has 0 radical (unpaired) electrons. The van der Waals surface area contributed by atoms with Gasteiger partial charge in [-0.15, -0.1) is 0 Å². The maximum Gasteiger partial charge on any atom is 0.407 e. The van der Waals surface area contributed by atoms with Crippen LogP contribution in [0.25, 0.3) is 0 Å². The lowest BCUT2D eigenvalue weighted by molar-refractivity contribution is 0.0899. The number of carbonyl (C=O) groups is 1. The van der Waals surface area contributed by atoms with E-state index in [0.717, 1.165) is 43.2 Å². The van der Waals surface area contributed by atoms with Gasteiger partial charge in [-0.05, 0) is 86.1 Å². The Kier molecular flexibility index (Phi) is 4.82. The molecule has 1 heterocycles. The van der Waals surface area contributed by atoms with E-state index in [2.05, 4.69) is 20.6 Å². The average Bonchev–Trinajstić information content (AvgIpc) is 3.57. The van der Waals surface area contributed by atoms with Gasteiger partial charge in [-0.25, -0.2) is 19.2 Å². The molecule has 7 nitrogen and oxygen atoms in total. The number of hydrogen-bond donors (Lipinski definition) is 3. The average molecular weight is 430 g/mol. The van der Waals surface area contributed by atoms with Crippen LogP contribution in [0.1, 0.15) is 44.1 Å². The van der Waals surface area contributed by atoms with Crippen LogP contribution in [0.15, 0.2) is 35.5 Å². The Morgan fingerprint density at radius 3 is 2.57 bits per heavy atom. The fourth-order valence-electron chi connectivity index (χ4n) is 4.49. The highest BCUT2D eigenvalue weighted by Crippen LogP contribution is 2.63. The lowest BCUT2D eigenvalue weighted by atomic mass is 10.0. The Balaban J connectivity index is 1.14. The zero-order valence-electron chi connectivity index (χ0n) is 16.6. The van der Waals surface area contributed by atoms with Crippen molar-refractivity contribution in [1.29, 1.82) is 0 Å². The molecule has 4 N–H and O–H groups in total. The number of amides is 1. The van der Waals surface area contributed by atoms with Crippen LogP contribution >= 0.6 is 11.9 Å². The number of anilines is 2. The number of hydrogen-bond acceptors (Lipinski definition) is 7. The number of nitrogens with one attached hydrogen (secondary N) is 2. The number of benzene rings is 1. The zero-order chi connectivity index (χ0) is 20.9. The molecular formula is C21H24FN5O2S. The number of nitrogens with two attached hydrogens (primary N) is 1. The molecule has 5 rings (SSSR count). The van der Waals surface area contributed by atoms with E-state index in [1.807, 2.05) is 6.92 Å². The Hall–Kier alpha value is -2.39. The highest BCUT2D eigenvalue weighted by Gasteiger charge is 2.57. The molecule has 1 aromatic carbocycles. The van der Waals surface area contributed by atoms with Gasteiger partial charge in [0.05, 0.1) is 5.69 Å². The molecule has 1 aromatic heterocycles. The van der Waals surface area contributed by atoms with Crippen LogP contribution < -0.4 is 15.8 Å². The number of rotatable bonds is 6. The van der Waals surface area contributed by atoms with Crippen molar-refractivity contribution in [3.63, 3.8) is 0 Å². The van der Waals surface area contributed by atoms with Gasteiger partial charge >= 0.3 is 6.09 Å². The van der Waals surface area contributed by atoms with E-state index in [4.69, 9.17) is 9.88 Å². The smallest absolute Gasteiger partial charge is 0.407 e. The molecule has 2 unspecified atom stereocenters. The summed E-state index contributed by atoms with van der Waals surface area (Å²) in [6, 6.07) is 4.73. The summed E-state index contributed by atoms with van der Waals surface area (Å²) in [5, 5.41) is 11.3. The number of carbonyl (C=O) groups excluding carboxylic acids is 1. The third kappa shape index (κ3) is 3.96. The standard InChI is InChI=1S/C21H24FN5O2S/c1-21(4-5-21)27-20(28)29-12-6-14-15(7-12)18(14)11-9-24-19(25-10-11)26-17-3-2-13(30-23)8-16(17)22/h2-3,8-10,12,14-15,18H,4-7,23H2,1H3,(H,27,28)(H,24,25,26). The predicted molar refractivity (Wildman–Crippen MR) is 112 cm³/mol. The van der Waals surface area contributed by atoms with E-state index in [9.17, 15) is 9.18 Å². The van der Waals surface area contributed by atoms with Crippen molar-refractivity contribution >= 4 is 29.7 Å². The fourth-order valence-corrected chi connectivity index (χ4v) is 4.81. The molecule has 158 valence electrons. The van der Waals surface area contributed by atoms with Crippen LogP contribution in [-0.4, -0.2) is 27.7 Å². The van der Waals surface area contributed by atoms with Crippen molar-refractivity contribution in [3.8, 4) is 0 Å². The number of alkyl carbamates (subject to hydrolysis) is 1. The molecule has 0 bridgehead atoms. The minimum Gasteiger partial charge on any atom is -0.446 e. The van der Waals surface area contributed by atoms with E-state index in [1.54, 1.807) is 24.5 Å². The largest absolute Gasteiger partial charge is 0.446 e. The zero-order valence-corrected chi connectivity index (χ0v) is 17.4. The molecule has 3 fully saturated rings. The number of aromatic nitrogens is 2. The monoisotopic (exact) mass is 429 g/mol. The number of ether oxygens (including phenoxy) is 1. The molecule has 1 amide bonds. The van der Waals surface area contributed by atoms with Crippen LogP contribution in [0.4, 0.5) is 20.8 Å². The van der Waals surface area contributed by atoms with E-state index in [0.29, 0.717) is 34.3 Å². The van der Waals surface area contributed by atoms with Crippen molar-refractivity contribution in [2.75, 3.05) is 5.32 Å². The summed E-state index contributed by atoms with van der Waals surface area (Å²) in [6.07, 6.45) is 7.13. The van der Waals surface area contributed by atoms with Crippen molar-refractivity contribution < 1.29 is 13.9 Å². The molecule has 3 aliphatic rings. The molecule has 9 heteroatoms. The normalized spacial score (nSPS) is 27.8. The number of fused-ring (bicyclic) bond motifs is 1. The number of nitrogens with zero attached hydrogens (tertiary/aromatic N) is 2. The minimum atomic E-state index is -0.402. The summed E-state index contributed by atoms with van der Waals surface area (Å²) in [6.45, 7) is 2.04. The van der Waals surface area contributed by atoms with Gasteiger partial charge in [0.15, 0.2) is 0 Å². The molecule has 0 saturated heterocycles. The van der Waals surface area contributed by atoms with Crippen molar-refractivity contribution in [3.05, 3.63) is 42.0 Å². The summed E-state index contributed by atoms with van der Waals surface area (Å²) in [5.74, 6) is 1.39. The van der Waals surface area contributed by atoms with Crippen LogP contribution in [0, 0.1) is 17.7 Å². The summed E-state index contributed by atoms with van der Waals surface area (Å²) in [5.41, 5.74) is 1.34. The second kappa shape index (κ2) is 7.39. The van der Waals surface area contributed by atoms with Gasteiger partial charge in [0.25, 0.3) is 0 Å². The van der Waals surface area contributed by atoms with Crippen LogP contribution in [-0.2, 0) is 4.74 Å². The molecule has 0 spiro atoms. The Morgan fingerprint density at radius 2 is 1.97 bits per heavy atom. The van der Waals surface area contributed by atoms with Gasteiger partial charge in [-0.2, -0.15) is 0 Å². The third-order valence-corrected chi connectivity index (χ3v) is 6.99. The van der Waals surface area contributed by atoms with Crippen LogP contribution in [0.2, 0.25) is 0 Å². The SMILES string of the molecule is CC1(NC(=O)OC2CC3C(C2)C3c2cnc(Nc3ccc(SN)cc3F)nc2)CC1. The number of halogens is 1. The van der Waals surface area contributed by atoms with Gasteiger partial charge < -0.3 is 15.4 Å². The lowest BCUT2D eigenvalue weighted by Crippen LogP contribution is -2.36. The van der Waals surface area contributed by atoms with Crippen LogP contribution in [0.5, 0.6) is 0 Å². The minimum absolute atomic E-state index is 0.00177. The van der Waals surface area contributed by atoms with Gasteiger partial charge in [0.2, 0.25) is 5.95 Å². The molecule has 2 aromatic rings. The van der Waals surface area contributed by atoms with Crippen LogP contribution in [0.3, 0.4) is 0 Å². The van der Waals surface area contributed by atoms with E-state index >= 15 is 0 Å². The first kappa shape index (κ1) is 19.6. The lowest BCUT2D eigenvalue weighted by Gasteiger charge is -2.18. The van der Waals surface area contributed by atoms with E-state index in [-0.39, 0.29) is 17.7 Å². The summed E-state index contributed by atoms with van der Waals surface area (Å²) in [7, 11) is 0. The molecule has 3 saturated carbocycles. The summed E-state index contributed by atoms with van der Waals surface area (Å²) < 4.78 is 19.7. The quantitative estimate of drug-likeness (QED) is 0.594.